The van der Waals surface area contributed by atoms with Crippen LogP contribution < -0.4 is 10.6 Å². The topological polar surface area (TPSA) is 47.9 Å². The highest BCUT2D eigenvalue weighted by Gasteiger charge is 2.29. The molecule has 0 heterocycles. The molecular formula is C36H65N3. The highest BCUT2D eigenvalue weighted by Crippen LogP contribution is 2.36. The molecule has 224 valence electrons. The molecule has 0 amide bonds. The molecule has 3 nitrogen and oxygen atoms in total. The Bertz CT molecular complexity index is 674. The molecule has 2 aliphatic rings. The van der Waals surface area contributed by atoms with Crippen molar-refractivity contribution in [2.24, 2.45) is 11.8 Å². The zero-order valence-electron chi connectivity index (χ0n) is 26.5. The minimum absolute atomic E-state index is 0.296. The highest BCUT2D eigenvalue weighted by atomic mass is 15.0. The van der Waals surface area contributed by atoms with Gasteiger partial charge in [0.15, 0.2) is 0 Å². The predicted octanol–water partition coefficient (Wildman–Crippen LogP) is 10.1. The van der Waals surface area contributed by atoms with Crippen LogP contribution >= 0.6 is 0 Å². The molecule has 1 unspecified atom stereocenters. The van der Waals surface area contributed by atoms with Crippen molar-refractivity contribution in [3.63, 3.8) is 0 Å². The SMILES string of the molecule is C=C(CCC)C[C@@H](NC1CCC(CC2CCC(NC(CC(=N)CCC)C(=C)CCC)CC2)CC1)C(=C)CCC. The van der Waals surface area contributed by atoms with Gasteiger partial charge in [0.25, 0.3) is 0 Å². The Kier molecular flexibility index (Phi) is 16.6. The van der Waals surface area contributed by atoms with Crippen molar-refractivity contribution in [1.29, 1.82) is 5.41 Å². The minimum Gasteiger partial charge on any atom is -0.310 e. The molecule has 0 aliphatic heterocycles. The third kappa shape index (κ3) is 12.9. The van der Waals surface area contributed by atoms with Crippen LogP contribution in [0.2, 0.25) is 0 Å². The zero-order chi connectivity index (χ0) is 28.6. The van der Waals surface area contributed by atoms with Gasteiger partial charge in [-0.25, -0.2) is 0 Å². The molecule has 39 heavy (non-hydrogen) atoms. The van der Waals surface area contributed by atoms with Crippen molar-refractivity contribution in [2.45, 2.75) is 174 Å². The van der Waals surface area contributed by atoms with Gasteiger partial charge in [-0.05, 0) is 102 Å². The van der Waals surface area contributed by atoms with Gasteiger partial charge >= 0.3 is 0 Å². The maximum Gasteiger partial charge on any atom is 0.0331 e. The molecular weight excluding hydrogens is 474 g/mol. The molecule has 3 heteroatoms. The summed E-state index contributed by atoms with van der Waals surface area (Å²) < 4.78 is 0. The maximum absolute atomic E-state index is 8.38. The Morgan fingerprint density at radius 1 is 0.615 bits per heavy atom. The van der Waals surface area contributed by atoms with E-state index >= 15 is 0 Å². The van der Waals surface area contributed by atoms with Crippen LogP contribution in [0.15, 0.2) is 36.5 Å². The second-order valence-corrected chi connectivity index (χ2v) is 13.2. The van der Waals surface area contributed by atoms with E-state index in [1.165, 1.54) is 87.3 Å². The van der Waals surface area contributed by atoms with E-state index in [1.807, 2.05) is 0 Å². The summed E-state index contributed by atoms with van der Waals surface area (Å²) in [6, 6.07) is 1.96. The molecule has 0 bridgehead atoms. The van der Waals surface area contributed by atoms with Crippen molar-refractivity contribution in [1.82, 2.24) is 10.6 Å². The summed E-state index contributed by atoms with van der Waals surface area (Å²) in [6.45, 7) is 22.1. The fourth-order valence-corrected chi connectivity index (χ4v) is 7.20. The molecule has 2 aliphatic carbocycles. The van der Waals surface area contributed by atoms with Gasteiger partial charge in [-0.3, -0.25) is 0 Å². The standard InChI is InChI=1S/C36H65N3/c1-8-12-27(5)24-35(28(6)13-9-2)38-33-20-16-30(17-21-33)25-31-18-22-34(23-19-31)39-36(29(7)14-10-3)26-32(37)15-11-4/h30-31,33-39H,5-26H2,1-4H3/t30?,31?,33?,34?,35-,36?/m1/s1. The summed E-state index contributed by atoms with van der Waals surface area (Å²) in [7, 11) is 0. The molecule has 0 saturated heterocycles. The lowest BCUT2D eigenvalue weighted by atomic mass is 9.75. The van der Waals surface area contributed by atoms with Crippen molar-refractivity contribution in [2.75, 3.05) is 0 Å². The number of nitrogens with one attached hydrogen (secondary N) is 3. The molecule has 0 aromatic rings. The fraction of sp³-hybridized carbons (Fsp3) is 0.806. The largest absolute Gasteiger partial charge is 0.310 e. The lowest BCUT2D eigenvalue weighted by Gasteiger charge is -2.37. The van der Waals surface area contributed by atoms with E-state index in [0.717, 1.165) is 68.9 Å². The first kappa shape index (κ1) is 34.0. The van der Waals surface area contributed by atoms with Crippen LogP contribution in [0.4, 0.5) is 0 Å². The number of hydrogen-bond donors (Lipinski definition) is 3. The summed E-state index contributed by atoms with van der Waals surface area (Å²) in [4.78, 5) is 0. The van der Waals surface area contributed by atoms with Crippen LogP contribution in [0.3, 0.4) is 0 Å². The Labute approximate surface area is 243 Å². The normalized spacial score (nSPS) is 25.1. The van der Waals surface area contributed by atoms with Crippen LogP contribution in [0.25, 0.3) is 0 Å². The van der Waals surface area contributed by atoms with Crippen LogP contribution in [-0.2, 0) is 0 Å². The summed E-state index contributed by atoms with van der Waals surface area (Å²) in [6.07, 6.45) is 22.9. The van der Waals surface area contributed by atoms with Crippen LogP contribution in [0.5, 0.6) is 0 Å². The smallest absolute Gasteiger partial charge is 0.0331 e. The Morgan fingerprint density at radius 2 is 1.03 bits per heavy atom. The van der Waals surface area contributed by atoms with Gasteiger partial charge in [0, 0.05) is 36.3 Å². The lowest BCUT2D eigenvalue weighted by molar-refractivity contribution is 0.201. The Morgan fingerprint density at radius 3 is 1.44 bits per heavy atom. The quantitative estimate of drug-likeness (QED) is 0.106. The number of hydrogen-bond acceptors (Lipinski definition) is 3. The van der Waals surface area contributed by atoms with E-state index in [9.17, 15) is 0 Å². The molecule has 0 aromatic carbocycles. The fourth-order valence-electron chi connectivity index (χ4n) is 7.20. The first-order valence-electron chi connectivity index (χ1n) is 16.9. The molecule has 0 radical (unpaired) electrons. The van der Waals surface area contributed by atoms with E-state index in [-0.39, 0.29) is 0 Å². The molecule has 2 fully saturated rings. The number of rotatable bonds is 20. The molecule has 2 saturated carbocycles. The van der Waals surface area contributed by atoms with E-state index in [4.69, 9.17) is 5.41 Å². The van der Waals surface area contributed by atoms with Gasteiger partial charge in [-0.1, -0.05) is 89.8 Å². The monoisotopic (exact) mass is 540 g/mol. The van der Waals surface area contributed by atoms with Gasteiger partial charge < -0.3 is 16.0 Å². The van der Waals surface area contributed by atoms with Gasteiger partial charge in [0.1, 0.15) is 0 Å². The second-order valence-electron chi connectivity index (χ2n) is 13.2. The summed E-state index contributed by atoms with van der Waals surface area (Å²) >= 11 is 0. The van der Waals surface area contributed by atoms with Crippen molar-refractivity contribution < 1.29 is 0 Å². The summed E-state index contributed by atoms with van der Waals surface area (Å²) in [5.74, 6) is 1.82. The van der Waals surface area contributed by atoms with Gasteiger partial charge in [-0.2, -0.15) is 0 Å². The second kappa shape index (κ2) is 19.0. The lowest BCUT2D eigenvalue weighted by Crippen LogP contribution is -2.43. The first-order chi connectivity index (χ1) is 18.8. The van der Waals surface area contributed by atoms with E-state index < -0.39 is 0 Å². The van der Waals surface area contributed by atoms with Crippen molar-refractivity contribution >= 4 is 5.71 Å². The van der Waals surface area contributed by atoms with Gasteiger partial charge in [-0.15, -0.1) is 0 Å². The van der Waals surface area contributed by atoms with Crippen LogP contribution in [0.1, 0.15) is 150 Å². The first-order valence-corrected chi connectivity index (χ1v) is 16.9. The van der Waals surface area contributed by atoms with Crippen molar-refractivity contribution in [3.05, 3.63) is 36.5 Å². The third-order valence-corrected chi connectivity index (χ3v) is 9.46. The van der Waals surface area contributed by atoms with Crippen LogP contribution in [-0.4, -0.2) is 29.9 Å². The Balaban J connectivity index is 1.76. The predicted molar refractivity (Wildman–Crippen MR) is 174 cm³/mol. The average molecular weight is 540 g/mol. The van der Waals surface area contributed by atoms with E-state index in [1.54, 1.807) is 0 Å². The maximum atomic E-state index is 8.38. The van der Waals surface area contributed by atoms with Gasteiger partial charge in [0.2, 0.25) is 0 Å². The third-order valence-electron chi connectivity index (χ3n) is 9.46. The summed E-state index contributed by atoms with van der Waals surface area (Å²) in [5, 5.41) is 16.4. The average Bonchev–Trinajstić information content (AvgIpc) is 2.90. The molecule has 0 spiro atoms. The van der Waals surface area contributed by atoms with Gasteiger partial charge in [0.05, 0.1) is 0 Å². The molecule has 2 atom stereocenters. The molecule has 0 aromatic heterocycles. The van der Waals surface area contributed by atoms with E-state index in [0.29, 0.717) is 24.2 Å². The van der Waals surface area contributed by atoms with Crippen LogP contribution in [0, 0.1) is 17.2 Å². The minimum atomic E-state index is 0.296. The van der Waals surface area contributed by atoms with Crippen molar-refractivity contribution in [3.8, 4) is 0 Å². The molecule has 3 N–H and O–H groups in total. The zero-order valence-corrected chi connectivity index (χ0v) is 26.5. The summed E-state index contributed by atoms with van der Waals surface area (Å²) in [5.41, 5.74) is 4.95. The Hall–Kier alpha value is -1.19. The molecule has 2 rings (SSSR count). The van der Waals surface area contributed by atoms with E-state index in [2.05, 4.69) is 58.1 Å². The highest BCUT2D eigenvalue weighted by molar-refractivity contribution is 5.82.